The molecule has 5 aromatic rings. The first kappa shape index (κ1) is 35.8. The molecule has 2 aliphatic heterocycles. The summed E-state index contributed by atoms with van der Waals surface area (Å²) in [6.45, 7) is 2.47. The Morgan fingerprint density at radius 2 is 1.36 bits per heavy atom. The standard InChI is InChI=1S/C40H36N6O5S2/c47-53(48,49)24-2-1-18-46-19-15-29(16-20-46)40-37-13-7-32(44-37)25-30-5-11-35(42-30)39(36-12-6-31(43-36)26-33-8-14-38(40)45-33)28-3-9-34(10-4-28)51-23-22-50-21-17-41-27-52/h3-16,19-20,25-26H,1-2,17-18,21-24H2,(H2,42,43,44,45,47,48,49)/p+1. The molecule has 0 radical (unpaired) electrons. The van der Waals surface area contributed by atoms with Gasteiger partial charge in [0.05, 0.1) is 53.4 Å². The Balaban J connectivity index is 1.23. The summed E-state index contributed by atoms with van der Waals surface area (Å²) in [5, 5.41) is 2.33. The van der Waals surface area contributed by atoms with Gasteiger partial charge < -0.3 is 19.4 Å². The third-order valence-electron chi connectivity index (χ3n) is 8.70. The van der Waals surface area contributed by atoms with E-state index >= 15 is 0 Å². The number of aromatic amines is 2. The molecule has 0 fully saturated rings. The molecule has 0 saturated heterocycles. The molecule has 0 aliphatic carbocycles. The molecule has 11 nitrogen and oxygen atoms in total. The Morgan fingerprint density at radius 3 is 1.94 bits per heavy atom. The summed E-state index contributed by atoms with van der Waals surface area (Å²) in [7, 11) is -3.95. The van der Waals surface area contributed by atoms with E-state index in [2.05, 4.69) is 44.5 Å². The topological polar surface area (TPSA) is 146 Å². The molecule has 1 aromatic carbocycles. The number of H-pyrrole nitrogens is 2. The number of unbranched alkanes of at least 4 members (excludes halogenated alkanes) is 1. The van der Waals surface area contributed by atoms with Crippen molar-refractivity contribution in [2.45, 2.75) is 19.4 Å². The van der Waals surface area contributed by atoms with Crippen LogP contribution in [0.3, 0.4) is 0 Å². The van der Waals surface area contributed by atoms with Gasteiger partial charge in [-0.25, -0.2) is 19.5 Å². The van der Waals surface area contributed by atoms with Gasteiger partial charge in [0.25, 0.3) is 10.1 Å². The molecule has 13 heteroatoms. The van der Waals surface area contributed by atoms with Crippen molar-refractivity contribution in [2.24, 2.45) is 4.99 Å². The molecule has 0 spiro atoms. The number of fused-ring (bicyclic) bond motifs is 8. The van der Waals surface area contributed by atoms with Gasteiger partial charge in [0.15, 0.2) is 12.4 Å². The molecule has 268 valence electrons. The fourth-order valence-electron chi connectivity index (χ4n) is 6.23. The molecule has 0 atom stereocenters. The Bertz CT molecular complexity index is 2500. The predicted molar refractivity (Wildman–Crippen MR) is 212 cm³/mol. The SMILES string of the molecule is O=S(=O)(O)CCCC[n+]1ccc(-c2c3nc(cc4ccc([nH]4)c(-c4ccc(OCCOCCN=C=S)cc4)c4nc(cc5ccc2[nH]5)C=C4)C=C3)cc1. The molecule has 8 bridgehead atoms. The number of hydrogen-bond donors (Lipinski definition) is 3. The minimum atomic E-state index is -3.95. The number of aromatic nitrogens is 5. The highest BCUT2D eigenvalue weighted by molar-refractivity contribution is 7.85. The van der Waals surface area contributed by atoms with Crippen LogP contribution in [0.1, 0.15) is 35.6 Å². The number of hydrogen-bond acceptors (Lipinski definition) is 8. The lowest BCUT2D eigenvalue weighted by molar-refractivity contribution is -0.697. The van der Waals surface area contributed by atoms with Gasteiger partial charge in [0, 0.05) is 51.7 Å². The van der Waals surface area contributed by atoms with E-state index in [1.807, 2.05) is 102 Å². The zero-order valence-corrected chi connectivity index (χ0v) is 30.4. The van der Waals surface area contributed by atoms with Crippen LogP contribution in [0.2, 0.25) is 0 Å². The van der Waals surface area contributed by atoms with Crippen molar-refractivity contribution < 1.29 is 27.0 Å². The van der Waals surface area contributed by atoms with Gasteiger partial charge in [-0.05, 0) is 103 Å². The molecule has 2 aliphatic rings. The van der Waals surface area contributed by atoms with Crippen LogP contribution in [0.15, 0.2) is 90.2 Å². The maximum atomic E-state index is 11.1. The van der Waals surface area contributed by atoms with Gasteiger partial charge in [-0.1, -0.05) is 12.1 Å². The third kappa shape index (κ3) is 9.28. The van der Waals surface area contributed by atoms with Crippen LogP contribution < -0.4 is 9.30 Å². The smallest absolute Gasteiger partial charge is 0.264 e. The average molecular weight is 746 g/mol. The number of thiocarbonyl (C=S) groups is 1. The van der Waals surface area contributed by atoms with E-state index in [0.29, 0.717) is 45.8 Å². The zero-order chi connectivity index (χ0) is 36.6. The summed E-state index contributed by atoms with van der Waals surface area (Å²) in [4.78, 5) is 21.1. The maximum absolute atomic E-state index is 11.1. The van der Waals surface area contributed by atoms with E-state index in [1.165, 1.54) is 0 Å². The van der Waals surface area contributed by atoms with Crippen molar-refractivity contribution >= 4 is 73.9 Å². The summed E-state index contributed by atoms with van der Waals surface area (Å²) in [5.74, 6) is 0.505. The number of nitrogens with one attached hydrogen (secondary N) is 2. The summed E-state index contributed by atoms with van der Waals surface area (Å²) in [6.07, 6.45) is 13.0. The van der Waals surface area contributed by atoms with E-state index in [9.17, 15) is 8.42 Å². The molecule has 6 heterocycles. The Morgan fingerprint density at radius 1 is 0.755 bits per heavy atom. The van der Waals surface area contributed by atoms with Crippen LogP contribution in [0, 0.1) is 0 Å². The molecular weight excluding hydrogens is 709 g/mol. The lowest BCUT2D eigenvalue weighted by Gasteiger charge is -2.08. The Hall–Kier alpha value is -5.56. The number of nitrogens with zero attached hydrogens (tertiary/aromatic N) is 4. The lowest BCUT2D eigenvalue weighted by atomic mass is 10.0. The molecule has 0 amide bonds. The van der Waals surface area contributed by atoms with E-state index in [1.54, 1.807) is 0 Å². The van der Waals surface area contributed by atoms with Gasteiger partial charge in [-0.3, -0.25) is 4.55 Å². The third-order valence-corrected chi connectivity index (χ3v) is 9.63. The second kappa shape index (κ2) is 16.4. The molecular formula is C40H37N6O5S2+. The van der Waals surface area contributed by atoms with E-state index in [0.717, 1.165) is 72.8 Å². The van der Waals surface area contributed by atoms with Gasteiger partial charge >= 0.3 is 0 Å². The molecule has 3 N–H and O–H groups in total. The molecule has 53 heavy (non-hydrogen) atoms. The summed E-state index contributed by atoms with van der Waals surface area (Å²) in [5.41, 5.74) is 10.8. The normalized spacial score (nSPS) is 12.2. The molecule has 4 aromatic heterocycles. The van der Waals surface area contributed by atoms with Crippen molar-refractivity contribution in [1.82, 2.24) is 19.9 Å². The Kier molecular flexibility index (Phi) is 11.1. The monoisotopic (exact) mass is 745 g/mol. The fraction of sp³-hybridized carbons (Fsp3) is 0.200. The van der Waals surface area contributed by atoms with Crippen LogP contribution >= 0.6 is 12.2 Å². The second-order valence-electron chi connectivity index (χ2n) is 12.5. The van der Waals surface area contributed by atoms with Gasteiger partial charge in [-0.2, -0.15) is 8.42 Å². The van der Waals surface area contributed by atoms with Crippen molar-refractivity contribution in [3.05, 3.63) is 108 Å². The molecule has 7 rings (SSSR count). The van der Waals surface area contributed by atoms with Crippen molar-refractivity contribution in [1.29, 1.82) is 0 Å². The number of aliphatic imine (C=N–C) groups is 1. The van der Waals surface area contributed by atoms with Crippen LogP contribution in [-0.4, -0.2) is 70.2 Å². The minimum absolute atomic E-state index is 0.239. The number of aryl methyl sites for hydroxylation is 1. The van der Waals surface area contributed by atoms with E-state index in [4.69, 9.17) is 24.0 Å². The van der Waals surface area contributed by atoms with Crippen LogP contribution in [0.25, 0.3) is 68.6 Å². The van der Waals surface area contributed by atoms with Gasteiger partial charge in [0.1, 0.15) is 18.9 Å². The summed E-state index contributed by atoms with van der Waals surface area (Å²) < 4.78 is 44.6. The molecule has 0 unspecified atom stereocenters. The summed E-state index contributed by atoms with van der Waals surface area (Å²) >= 11 is 4.57. The highest BCUT2D eigenvalue weighted by atomic mass is 32.2. The second-order valence-corrected chi connectivity index (χ2v) is 14.2. The quantitative estimate of drug-likeness (QED) is 0.0342. The van der Waals surface area contributed by atoms with Gasteiger partial charge in [-0.15, -0.1) is 0 Å². The Labute approximate surface area is 312 Å². The average Bonchev–Trinajstić information content (AvgIpc) is 3.98. The van der Waals surface area contributed by atoms with Gasteiger partial charge in [0.2, 0.25) is 0 Å². The first-order chi connectivity index (χ1) is 25.8. The first-order valence-corrected chi connectivity index (χ1v) is 19.2. The number of ether oxygens (including phenoxy) is 2. The lowest BCUT2D eigenvalue weighted by Crippen LogP contribution is -2.32. The molecule has 0 saturated carbocycles. The van der Waals surface area contributed by atoms with Crippen LogP contribution in [0.4, 0.5) is 0 Å². The van der Waals surface area contributed by atoms with Crippen LogP contribution in [0.5, 0.6) is 5.75 Å². The van der Waals surface area contributed by atoms with Crippen molar-refractivity contribution in [2.75, 3.05) is 32.1 Å². The van der Waals surface area contributed by atoms with Crippen LogP contribution in [-0.2, 0) is 21.4 Å². The zero-order valence-electron chi connectivity index (χ0n) is 28.7. The highest BCUT2D eigenvalue weighted by Gasteiger charge is 2.15. The van der Waals surface area contributed by atoms with E-state index in [-0.39, 0.29) is 5.75 Å². The summed E-state index contributed by atoms with van der Waals surface area (Å²) in [6, 6.07) is 24.3. The highest BCUT2D eigenvalue weighted by Crippen LogP contribution is 2.33. The first-order valence-electron chi connectivity index (χ1n) is 17.2. The maximum Gasteiger partial charge on any atom is 0.264 e. The number of pyridine rings is 1. The number of rotatable bonds is 14. The van der Waals surface area contributed by atoms with Crippen molar-refractivity contribution in [3.63, 3.8) is 0 Å². The number of benzene rings is 1. The largest absolute Gasteiger partial charge is 0.491 e. The van der Waals surface area contributed by atoms with Crippen molar-refractivity contribution in [3.8, 4) is 28.0 Å². The number of isothiocyanates is 1. The predicted octanol–water partition coefficient (Wildman–Crippen LogP) is 7.44. The fourth-order valence-corrected chi connectivity index (χ4v) is 6.89. The minimum Gasteiger partial charge on any atom is -0.491 e. The van der Waals surface area contributed by atoms with E-state index < -0.39 is 10.1 Å².